The molecule has 0 spiro atoms. The van der Waals surface area contributed by atoms with Crippen molar-refractivity contribution in [1.29, 1.82) is 0 Å². The fourth-order valence-corrected chi connectivity index (χ4v) is 1.29. The van der Waals surface area contributed by atoms with Gasteiger partial charge in [0.25, 0.3) is 0 Å². The topological polar surface area (TPSA) is 25.8 Å². The van der Waals surface area contributed by atoms with Crippen molar-refractivity contribution in [2.75, 3.05) is 0 Å². The van der Waals surface area contributed by atoms with Gasteiger partial charge in [-0.3, -0.25) is 0 Å². The molecule has 1 aromatic carbocycles. The van der Waals surface area contributed by atoms with Gasteiger partial charge in [-0.25, -0.2) is 14.4 Å². The van der Waals surface area contributed by atoms with Crippen LogP contribution in [0.15, 0.2) is 36.7 Å². The van der Waals surface area contributed by atoms with Crippen molar-refractivity contribution in [3.8, 4) is 11.3 Å². The molecule has 0 aliphatic heterocycles. The number of hydrogen-bond donors (Lipinski definition) is 0. The van der Waals surface area contributed by atoms with Crippen LogP contribution in [0.2, 0.25) is 5.15 Å². The van der Waals surface area contributed by atoms with Gasteiger partial charge in [-0.05, 0) is 12.1 Å². The Hall–Kier alpha value is -1.48. The van der Waals surface area contributed by atoms with Crippen LogP contribution in [0.25, 0.3) is 11.3 Å². The number of aromatic nitrogens is 2. The summed E-state index contributed by atoms with van der Waals surface area (Å²) >= 11 is 5.69. The molecule has 0 fully saturated rings. The molecular formula is C10H6ClFN2. The van der Waals surface area contributed by atoms with Crippen LogP contribution >= 0.6 is 11.6 Å². The largest absolute Gasteiger partial charge is 0.236 e. The molecule has 0 saturated heterocycles. The second-order valence-corrected chi connectivity index (χ2v) is 3.12. The van der Waals surface area contributed by atoms with Crippen molar-refractivity contribution in [2.24, 2.45) is 0 Å². The van der Waals surface area contributed by atoms with Gasteiger partial charge in [0.1, 0.15) is 17.3 Å². The van der Waals surface area contributed by atoms with Crippen molar-refractivity contribution in [1.82, 2.24) is 9.97 Å². The summed E-state index contributed by atoms with van der Waals surface area (Å²) in [6, 6.07) is 7.77. The number of hydrogen-bond acceptors (Lipinski definition) is 2. The molecular weight excluding hydrogens is 203 g/mol. The van der Waals surface area contributed by atoms with E-state index in [1.807, 2.05) is 0 Å². The number of nitrogens with zero attached hydrogens (tertiary/aromatic N) is 2. The Labute approximate surface area is 85.4 Å². The fraction of sp³-hybridized carbons (Fsp3) is 0. The molecule has 0 radical (unpaired) electrons. The number of halogens is 2. The predicted molar refractivity (Wildman–Crippen MR) is 52.4 cm³/mol. The van der Waals surface area contributed by atoms with Crippen molar-refractivity contribution < 1.29 is 4.39 Å². The zero-order chi connectivity index (χ0) is 9.97. The van der Waals surface area contributed by atoms with Gasteiger partial charge >= 0.3 is 0 Å². The lowest BCUT2D eigenvalue weighted by Gasteiger charge is -1.99. The maximum absolute atomic E-state index is 12.9. The molecule has 0 bridgehead atoms. The van der Waals surface area contributed by atoms with Crippen LogP contribution in [0.3, 0.4) is 0 Å². The summed E-state index contributed by atoms with van der Waals surface area (Å²) in [6.45, 7) is 0. The van der Waals surface area contributed by atoms with Crippen LogP contribution in [0, 0.1) is 5.82 Å². The first-order valence-electron chi connectivity index (χ1n) is 3.99. The third kappa shape index (κ3) is 1.88. The highest BCUT2D eigenvalue weighted by atomic mass is 35.5. The van der Waals surface area contributed by atoms with Gasteiger partial charge in [-0.1, -0.05) is 23.7 Å². The molecule has 1 aromatic heterocycles. The van der Waals surface area contributed by atoms with E-state index in [-0.39, 0.29) is 5.82 Å². The first-order valence-corrected chi connectivity index (χ1v) is 4.37. The second kappa shape index (κ2) is 3.72. The van der Waals surface area contributed by atoms with Crippen LogP contribution in [0.1, 0.15) is 0 Å². The minimum absolute atomic E-state index is 0.294. The van der Waals surface area contributed by atoms with E-state index >= 15 is 0 Å². The summed E-state index contributed by atoms with van der Waals surface area (Å²) in [5, 5.41) is 0.347. The van der Waals surface area contributed by atoms with E-state index in [0.717, 1.165) is 0 Å². The molecule has 2 aromatic rings. The Morgan fingerprint density at radius 3 is 2.71 bits per heavy atom. The molecule has 4 heteroatoms. The van der Waals surface area contributed by atoms with Gasteiger partial charge in [0, 0.05) is 11.6 Å². The van der Waals surface area contributed by atoms with Crippen molar-refractivity contribution in [3.63, 3.8) is 0 Å². The van der Waals surface area contributed by atoms with Crippen molar-refractivity contribution in [3.05, 3.63) is 47.6 Å². The van der Waals surface area contributed by atoms with Crippen LogP contribution in [-0.2, 0) is 0 Å². The highest BCUT2D eigenvalue weighted by Crippen LogP contribution is 2.19. The third-order valence-corrected chi connectivity index (χ3v) is 1.96. The average Bonchev–Trinajstić information content (AvgIpc) is 2.18. The molecule has 0 unspecified atom stereocenters. The van der Waals surface area contributed by atoms with E-state index in [0.29, 0.717) is 16.4 Å². The quantitative estimate of drug-likeness (QED) is 0.674. The van der Waals surface area contributed by atoms with E-state index < -0.39 is 0 Å². The first-order chi connectivity index (χ1) is 6.75. The summed E-state index contributed by atoms with van der Waals surface area (Å²) in [4.78, 5) is 7.74. The van der Waals surface area contributed by atoms with Gasteiger partial charge in [0.2, 0.25) is 0 Å². The van der Waals surface area contributed by atoms with E-state index in [4.69, 9.17) is 11.6 Å². The Morgan fingerprint density at radius 1 is 1.14 bits per heavy atom. The van der Waals surface area contributed by atoms with Crippen LogP contribution in [-0.4, -0.2) is 9.97 Å². The van der Waals surface area contributed by atoms with Crippen LogP contribution in [0.5, 0.6) is 0 Å². The Morgan fingerprint density at radius 2 is 2.00 bits per heavy atom. The summed E-state index contributed by atoms with van der Waals surface area (Å²) in [6.07, 6.45) is 1.35. The molecule has 2 nitrogen and oxygen atoms in total. The minimum Gasteiger partial charge on any atom is -0.236 e. The standard InChI is InChI=1S/C10H6ClFN2/c11-10-5-9(13-6-14-10)7-2-1-3-8(12)4-7/h1-6H. The molecule has 14 heavy (non-hydrogen) atoms. The molecule has 2 rings (SSSR count). The lowest BCUT2D eigenvalue weighted by molar-refractivity contribution is 0.628. The van der Waals surface area contributed by atoms with Crippen molar-refractivity contribution in [2.45, 2.75) is 0 Å². The van der Waals surface area contributed by atoms with Gasteiger partial charge in [-0.2, -0.15) is 0 Å². The molecule has 0 aliphatic rings. The van der Waals surface area contributed by atoms with E-state index in [9.17, 15) is 4.39 Å². The number of benzene rings is 1. The average molecular weight is 209 g/mol. The molecule has 0 atom stereocenters. The summed E-state index contributed by atoms with van der Waals surface area (Å²) in [7, 11) is 0. The van der Waals surface area contributed by atoms with Crippen LogP contribution < -0.4 is 0 Å². The smallest absolute Gasteiger partial charge is 0.133 e. The molecule has 1 heterocycles. The van der Waals surface area contributed by atoms with Crippen LogP contribution in [0.4, 0.5) is 4.39 Å². The maximum Gasteiger partial charge on any atom is 0.133 e. The Kier molecular flexibility index (Phi) is 2.41. The predicted octanol–water partition coefficient (Wildman–Crippen LogP) is 2.94. The molecule has 0 amide bonds. The molecule has 0 N–H and O–H groups in total. The van der Waals surface area contributed by atoms with Gasteiger partial charge in [0.15, 0.2) is 0 Å². The maximum atomic E-state index is 12.9. The molecule has 0 aliphatic carbocycles. The second-order valence-electron chi connectivity index (χ2n) is 2.74. The third-order valence-electron chi connectivity index (χ3n) is 1.75. The lowest BCUT2D eigenvalue weighted by atomic mass is 10.1. The monoisotopic (exact) mass is 208 g/mol. The van der Waals surface area contributed by atoms with E-state index in [2.05, 4.69) is 9.97 Å². The first kappa shape index (κ1) is 9.09. The lowest BCUT2D eigenvalue weighted by Crippen LogP contribution is -1.86. The Bertz CT molecular complexity index is 416. The van der Waals surface area contributed by atoms with Gasteiger partial charge in [0.05, 0.1) is 5.69 Å². The zero-order valence-corrected chi connectivity index (χ0v) is 7.87. The van der Waals surface area contributed by atoms with Crippen molar-refractivity contribution >= 4 is 11.6 Å². The molecule has 0 saturated carbocycles. The Balaban J connectivity index is 2.49. The van der Waals surface area contributed by atoms with Gasteiger partial charge < -0.3 is 0 Å². The highest BCUT2D eigenvalue weighted by Gasteiger charge is 2.01. The summed E-state index contributed by atoms with van der Waals surface area (Å²) in [5.74, 6) is -0.294. The van der Waals surface area contributed by atoms with E-state index in [1.54, 1.807) is 18.2 Å². The van der Waals surface area contributed by atoms with Gasteiger partial charge in [-0.15, -0.1) is 0 Å². The van der Waals surface area contributed by atoms with E-state index in [1.165, 1.54) is 18.5 Å². The highest BCUT2D eigenvalue weighted by molar-refractivity contribution is 6.29. The normalized spacial score (nSPS) is 10.1. The number of rotatable bonds is 1. The summed E-state index contributed by atoms with van der Waals surface area (Å²) in [5.41, 5.74) is 1.30. The summed E-state index contributed by atoms with van der Waals surface area (Å²) < 4.78 is 12.9. The zero-order valence-electron chi connectivity index (χ0n) is 7.11. The minimum atomic E-state index is -0.294. The SMILES string of the molecule is Fc1cccc(-c2cc(Cl)ncn2)c1. The fourth-order valence-electron chi connectivity index (χ4n) is 1.14. The molecule has 70 valence electrons.